The number of fused-ring (bicyclic) bond motifs is 1. The van der Waals surface area contributed by atoms with E-state index in [-0.39, 0.29) is 24.7 Å². The molecule has 0 radical (unpaired) electrons. The third-order valence-corrected chi connectivity index (χ3v) is 3.62. The third kappa shape index (κ3) is 4.04. The Hall–Kier alpha value is -3.68. The Labute approximate surface area is 149 Å². The first-order chi connectivity index (χ1) is 12.6. The van der Waals surface area contributed by atoms with Crippen molar-refractivity contribution < 1.29 is 14.4 Å². The summed E-state index contributed by atoms with van der Waals surface area (Å²) >= 11 is 0. The van der Waals surface area contributed by atoms with E-state index < -0.39 is 11.8 Å². The fraction of sp³-hybridized carbons (Fsp3) is 0.111. The molecule has 0 aliphatic carbocycles. The van der Waals surface area contributed by atoms with Crippen LogP contribution >= 0.6 is 0 Å². The van der Waals surface area contributed by atoms with Crippen molar-refractivity contribution in [2.45, 2.75) is 0 Å². The molecule has 0 fully saturated rings. The summed E-state index contributed by atoms with van der Waals surface area (Å²) in [4.78, 5) is 35.6. The molecule has 0 bridgehead atoms. The number of aromatic amines is 1. The monoisotopic (exact) mass is 351 g/mol. The van der Waals surface area contributed by atoms with Gasteiger partial charge in [-0.3, -0.25) is 19.5 Å². The van der Waals surface area contributed by atoms with Crippen molar-refractivity contribution in [2.24, 2.45) is 0 Å². The number of amides is 3. The van der Waals surface area contributed by atoms with E-state index in [2.05, 4.69) is 26.1 Å². The first-order valence-corrected chi connectivity index (χ1v) is 8.00. The lowest BCUT2D eigenvalue weighted by molar-refractivity contribution is -0.136. The van der Waals surface area contributed by atoms with E-state index in [4.69, 9.17) is 0 Å². The molecule has 0 saturated carbocycles. The first-order valence-electron chi connectivity index (χ1n) is 8.00. The van der Waals surface area contributed by atoms with Crippen LogP contribution in [0.5, 0.6) is 0 Å². The number of carbonyl (C=O) groups is 3. The van der Waals surface area contributed by atoms with Gasteiger partial charge < -0.3 is 16.0 Å². The Balaban J connectivity index is 1.44. The minimum Gasteiger partial charge on any atom is -0.349 e. The molecular weight excluding hydrogens is 334 g/mol. The van der Waals surface area contributed by atoms with E-state index >= 15 is 0 Å². The standard InChI is InChI=1S/C18H17N5O3/c24-16(15-13-8-4-5-9-14(13)22-23-15)19-10-11-20-17(25)18(26)21-12-6-2-1-3-7-12/h1-9H,10-11H2,(H,19,24)(H,20,25)(H,21,26)(H,22,23). The molecule has 0 spiro atoms. The maximum Gasteiger partial charge on any atom is 0.313 e. The Morgan fingerprint density at radius 1 is 0.846 bits per heavy atom. The Kier molecular flexibility index (Phi) is 5.23. The van der Waals surface area contributed by atoms with Gasteiger partial charge in [0.05, 0.1) is 5.52 Å². The van der Waals surface area contributed by atoms with Crippen molar-refractivity contribution in [3.63, 3.8) is 0 Å². The molecule has 1 aromatic heterocycles. The highest BCUT2D eigenvalue weighted by Gasteiger charge is 2.15. The van der Waals surface area contributed by atoms with Crippen molar-refractivity contribution in [2.75, 3.05) is 18.4 Å². The van der Waals surface area contributed by atoms with Crippen LogP contribution in [0.25, 0.3) is 10.9 Å². The summed E-state index contributed by atoms with van der Waals surface area (Å²) in [7, 11) is 0. The van der Waals surface area contributed by atoms with Crippen LogP contribution in [-0.2, 0) is 9.59 Å². The number of nitrogens with zero attached hydrogens (tertiary/aromatic N) is 1. The highest BCUT2D eigenvalue weighted by Crippen LogP contribution is 2.14. The highest BCUT2D eigenvalue weighted by molar-refractivity contribution is 6.39. The number of hydrogen-bond donors (Lipinski definition) is 4. The van der Waals surface area contributed by atoms with E-state index in [0.29, 0.717) is 5.69 Å². The fourth-order valence-electron chi connectivity index (χ4n) is 2.36. The molecule has 0 saturated heterocycles. The van der Waals surface area contributed by atoms with Crippen LogP contribution in [0.2, 0.25) is 0 Å². The number of hydrogen-bond acceptors (Lipinski definition) is 4. The summed E-state index contributed by atoms with van der Waals surface area (Å²) in [6.07, 6.45) is 0. The normalized spacial score (nSPS) is 10.3. The second kappa shape index (κ2) is 7.93. The highest BCUT2D eigenvalue weighted by atomic mass is 16.2. The summed E-state index contributed by atoms with van der Waals surface area (Å²) in [6.45, 7) is 0.291. The molecule has 0 unspecified atom stereocenters. The number of para-hydroxylation sites is 2. The lowest BCUT2D eigenvalue weighted by Crippen LogP contribution is -2.40. The molecular formula is C18H17N5O3. The van der Waals surface area contributed by atoms with Gasteiger partial charge in [-0.2, -0.15) is 5.10 Å². The molecule has 132 valence electrons. The van der Waals surface area contributed by atoms with Crippen LogP contribution in [0, 0.1) is 0 Å². The van der Waals surface area contributed by atoms with Gasteiger partial charge in [0.25, 0.3) is 5.91 Å². The van der Waals surface area contributed by atoms with Crippen LogP contribution in [0.4, 0.5) is 5.69 Å². The molecule has 3 amide bonds. The topological polar surface area (TPSA) is 116 Å². The third-order valence-electron chi connectivity index (χ3n) is 3.62. The number of nitrogens with one attached hydrogen (secondary N) is 4. The number of H-pyrrole nitrogens is 1. The zero-order valence-corrected chi connectivity index (χ0v) is 13.8. The van der Waals surface area contributed by atoms with Crippen molar-refractivity contribution in [1.29, 1.82) is 0 Å². The number of anilines is 1. The Morgan fingerprint density at radius 3 is 2.35 bits per heavy atom. The van der Waals surface area contributed by atoms with Gasteiger partial charge in [0.1, 0.15) is 0 Å². The van der Waals surface area contributed by atoms with Crippen molar-refractivity contribution >= 4 is 34.3 Å². The summed E-state index contributed by atoms with van der Waals surface area (Å²) in [5, 5.41) is 15.1. The fourth-order valence-corrected chi connectivity index (χ4v) is 2.36. The van der Waals surface area contributed by atoms with Crippen molar-refractivity contribution in [3.05, 3.63) is 60.3 Å². The van der Waals surface area contributed by atoms with Gasteiger partial charge in [-0.05, 0) is 18.2 Å². The Bertz CT molecular complexity index is 936. The molecule has 0 aliphatic rings. The number of aromatic nitrogens is 2. The largest absolute Gasteiger partial charge is 0.349 e. The number of benzene rings is 2. The van der Waals surface area contributed by atoms with E-state index in [1.807, 2.05) is 18.2 Å². The molecule has 4 N–H and O–H groups in total. The summed E-state index contributed by atoms with van der Waals surface area (Å²) in [5.74, 6) is -1.89. The second-order valence-electron chi connectivity index (χ2n) is 5.45. The van der Waals surface area contributed by atoms with Crippen LogP contribution in [-0.4, -0.2) is 41.0 Å². The lowest BCUT2D eigenvalue weighted by atomic mass is 10.2. The van der Waals surface area contributed by atoms with E-state index in [1.165, 1.54) is 0 Å². The average Bonchev–Trinajstić information content (AvgIpc) is 3.10. The predicted molar refractivity (Wildman–Crippen MR) is 96.5 cm³/mol. The smallest absolute Gasteiger partial charge is 0.313 e. The van der Waals surface area contributed by atoms with Gasteiger partial charge in [0.15, 0.2) is 5.69 Å². The molecule has 3 aromatic rings. The molecule has 3 rings (SSSR count). The Morgan fingerprint density at radius 2 is 1.54 bits per heavy atom. The van der Waals surface area contributed by atoms with Crippen LogP contribution in [0.3, 0.4) is 0 Å². The number of carbonyl (C=O) groups excluding carboxylic acids is 3. The maximum absolute atomic E-state index is 12.2. The van der Waals surface area contributed by atoms with E-state index in [9.17, 15) is 14.4 Å². The van der Waals surface area contributed by atoms with Crippen molar-refractivity contribution in [3.8, 4) is 0 Å². The van der Waals surface area contributed by atoms with Gasteiger partial charge >= 0.3 is 11.8 Å². The van der Waals surface area contributed by atoms with Gasteiger partial charge in [0.2, 0.25) is 0 Å². The first kappa shape index (κ1) is 17.2. The molecule has 26 heavy (non-hydrogen) atoms. The van der Waals surface area contributed by atoms with E-state index in [0.717, 1.165) is 10.9 Å². The van der Waals surface area contributed by atoms with Crippen LogP contribution in [0.1, 0.15) is 10.5 Å². The SMILES string of the molecule is O=C(NCCNC(=O)c1n[nH]c2ccccc12)C(=O)Nc1ccccc1. The minimum absolute atomic E-state index is 0.120. The minimum atomic E-state index is -0.770. The summed E-state index contributed by atoms with van der Waals surface area (Å²) in [5.41, 5.74) is 1.59. The van der Waals surface area contributed by atoms with Crippen molar-refractivity contribution in [1.82, 2.24) is 20.8 Å². The summed E-state index contributed by atoms with van der Waals surface area (Å²) in [6, 6.07) is 16.0. The molecule has 1 heterocycles. The lowest BCUT2D eigenvalue weighted by Gasteiger charge is -2.07. The zero-order valence-electron chi connectivity index (χ0n) is 13.8. The molecule has 8 nitrogen and oxygen atoms in total. The van der Waals surface area contributed by atoms with Gasteiger partial charge in [-0.25, -0.2) is 0 Å². The van der Waals surface area contributed by atoms with Crippen LogP contribution < -0.4 is 16.0 Å². The van der Waals surface area contributed by atoms with Crippen LogP contribution in [0.15, 0.2) is 54.6 Å². The van der Waals surface area contributed by atoms with Gasteiger partial charge in [0, 0.05) is 24.2 Å². The molecule has 0 atom stereocenters. The molecule has 8 heteroatoms. The van der Waals surface area contributed by atoms with E-state index in [1.54, 1.807) is 36.4 Å². The maximum atomic E-state index is 12.2. The van der Waals surface area contributed by atoms with Gasteiger partial charge in [-0.15, -0.1) is 0 Å². The second-order valence-corrected chi connectivity index (χ2v) is 5.45. The molecule has 0 aliphatic heterocycles. The number of rotatable bonds is 5. The summed E-state index contributed by atoms with van der Waals surface area (Å²) < 4.78 is 0. The average molecular weight is 351 g/mol. The van der Waals surface area contributed by atoms with Gasteiger partial charge in [-0.1, -0.05) is 36.4 Å². The quantitative estimate of drug-likeness (QED) is 0.406. The predicted octanol–water partition coefficient (Wildman–Crippen LogP) is 1.05. The molecule has 2 aromatic carbocycles. The zero-order chi connectivity index (χ0) is 18.4.